The summed E-state index contributed by atoms with van der Waals surface area (Å²) in [4.78, 5) is 4.47. The highest BCUT2D eigenvalue weighted by atomic mass is 32.2. The van der Waals surface area contributed by atoms with Crippen molar-refractivity contribution in [3.8, 4) is 5.75 Å². The molecule has 0 saturated heterocycles. The van der Waals surface area contributed by atoms with Gasteiger partial charge in [0.1, 0.15) is 5.75 Å². The molecule has 0 aliphatic rings. The van der Waals surface area contributed by atoms with Crippen LogP contribution in [0.4, 0.5) is 5.69 Å². The average Bonchev–Trinajstić information content (AvgIpc) is 2.55. The largest absolute Gasteiger partial charge is 0.507 e. The number of aromatic hydroxyl groups is 1. The number of sulfonamides is 1. The number of phenolic OH excluding ortho intramolecular Hbond substituents is 1. The highest BCUT2D eigenvalue weighted by Gasteiger charge is 2.21. The van der Waals surface area contributed by atoms with E-state index in [1.165, 1.54) is 16.6 Å². The molecule has 6 heteroatoms. The number of nitrogens with zero attached hydrogens (tertiary/aromatic N) is 2. The zero-order chi connectivity index (χ0) is 16.9. The molecule has 0 aliphatic carbocycles. The van der Waals surface area contributed by atoms with E-state index in [4.69, 9.17) is 0 Å². The number of rotatable bonds is 6. The summed E-state index contributed by atoms with van der Waals surface area (Å²) in [6.45, 7) is 4.46. The molecule has 0 aliphatic heterocycles. The van der Waals surface area contributed by atoms with Gasteiger partial charge in [0.2, 0.25) is 10.0 Å². The van der Waals surface area contributed by atoms with E-state index in [9.17, 15) is 13.5 Å². The lowest BCUT2D eigenvalue weighted by molar-refractivity contribution is 0.445. The maximum atomic E-state index is 12.5. The molecule has 2 aromatic carbocycles. The molecule has 122 valence electrons. The van der Waals surface area contributed by atoms with Crippen molar-refractivity contribution in [3.63, 3.8) is 0 Å². The van der Waals surface area contributed by atoms with Crippen LogP contribution in [0.3, 0.4) is 0 Å². The summed E-state index contributed by atoms with van der Waals surface area (Å²) in [5.41, 5.74) is 1.09. The molecule has 0 radical (unpaired) electrons. The second-order valence-corrected chi connectivity index (χ2v) is 6.84. The Kier molecular flexibility index (Phi) is 5.52. The molecule has 0 amide bonds. The van der Waals surface area contributed by atoms with E-state index in [1.54, 1.807) is 56.3 Å². The van der Waals surface area contributed by atoms with Crippen LogP contribution in [0, 0.1) is 0 Å². The second-order valence-electron chi connectivity index (χ2n) is 4.90. The van der Waals surface area contributed by atoms with Gasteiger partial charge in [0, 0.05) is 24.9 Å². The maximum absolute atomic E-state index is 12.5. The summed E-state index contributed by atoms with van der Waals surface area (Å²) >= 11 is 0. The van der Waals surface area contributed by atoms with E-state index in [0.29, 0.717) is 24.3 Å². The van der Waals surface area contributed by atoms with Crippen molar-refractivity contribution >= 4 is 21.9 Å². The van der Waals surface area contributed by atoms with Gasteiger partial charge in [0.15, 0.2) is 0 Å². The molecule has 0 fully saturated rings. The fraction of sp³-hybridized carbons (Fsp3) is 0.235. The Morgan fingerprint density at radius 2 is 1.78 bits per heavy atom. The second kappa shape index (κ2) is 7.39. The van der Waals surface area contributed by atoms with Crippen molar-refractivity contribution in [2.75, 3.05) is 13.1 Å². The third kappa shape index (κ3) is 3.97. The summed E-state index contributed by atoms with van der Waals surface area (Å²) in [5, 5.41) is 9.72. The highest BCUT2D eigenvalue weighted by Crippen LogP contribution is 2.22. The Morgan fingerprint density at radius 1 is 1.09 bits per heavy atom. The molecule has 0 saturated carbocycles. The van der Waals surface area contributed by atoms with Crippen molar-refractivity contribution < 1.29 is 13.5 Å². The monoisotopic (exact) mass is 332 g/mol. The summed E-state index contributed by atoms with van der Waals surface area (Å²) in [7, 11) is -3.50. The normalized spacial score (nSPS) is 12.1. The Morgan fingerprint density at radius 3 is 2.43 bits per heavy atom. The standard InChI is InChI=1S/C17H20N2O3S/c1-3-19(4-2)23(21,22)16-10-7-9-15(12-16)18-13-14-8-5-6-11-17(14)20/h5-13,20H,3-4H2,1-2H3. The summed E-state index contributed by atoms with van der Waals surface area (Å²) in [5.74, 6) is 0.128. The first-order chi connectivity index (χ1) is 11.0. The minimum absolute atomic E-state index is 0.128. The maximum Gasteiger partial charge on any atom is 0.243 e. The van der Waals surface area contributed by atoms with E-state index < -0.39 is 10.0 Å². The predicted molar refractivity (Wildman–Crippen MR) is 91.9 cm³/mol. The molecule has 0 aromatic heterocycles. The van der Waals surface area contributed by atoms with Crippen LogP contribution < -0.4 is 0 Å². The summed E-state index contributed by atoms with van der Waals surface area (Å²) in [6, 6.07) is 13.3. The molecule has 0 bridgehead atoms. The number of hydrogen-bond acceptors (Lipinski definition) is 4. The van der Waals surface area contributed by atoms with Gasteiger partial charge >= 0.3 is 0 Å². The van der Waals surface area contributed by atoms with Crippen LogP contribution in [0.25, 0.3) is 0 Å². The Labute approximate surface area is 137 Å². The van der Waals surface area contributed by atoms with Crippen LogP contribution >= 0.6 is 0 Å². The number of phenols is 1. The predicted octanol–water partition coefficient (Wildman–Crippen LogP) is 3.17. The van der Waals surface area contributed by atoms with Crippen molar-refractivity contribution in [1.29, 1.82) is 0 Å². The molecule has 5 nitrogen and oxygen atoms in total. The molecular formula is C17H20N2O3S. The van der Waals surface area contributed by atoms with Gasteiger partial charge in [-0.3, -0.25) is 4.99 Å². The lowest BCUT2D eigenvalue weighted by Gasteiger charge is -2.18. The van der Waals surface area contributed by atoms with Gasteiger partial charge in [-0.25, -0.2) is 8.42 Å². The molecule has 1 N–H and O–H groups in total. The molecule has 0 atom stereocenters. The van der Waals surface area contributed by atoms with Crippen LogP contribution in [-0.2, 0) is 10.0 Å². The average molecular weight is 332 g/mol. The minimum Gasteiger partial charge on any atom is -0.507 e. The van der Waals surface area contributed by atoms with E-state index in [1.807, 2.05) is 0 Å². The lowest BCUT2D eigenvalue weighted by Crippen LogP contribution is -2.30. The van der Waals surface area contributed by atoms with Gasteiger partial charge < -0.3 is 5.11 Å². The van der Waals surface area contributed by atoms with Crippen molar-refractivity contribution in [2.24, 2.45) is 4.99 Å². The minimum atomic E-state index is -3.50. The van der Waals surface area contributed by atoms with Crippen LogP contribution in [-0.4, -0.2) is 37.1 Å². The first-order valence-electron chi connectivity index (χ1n) is 7.41. The van der Waals surface area contributed by atoms with E-state index in [-0.39, 0.29) is 10.6 Å². The summed E-state index contributed by atoms with van der Waals surface area (Å²) < 4.78 is 26.4. The lowest BCUT2D eigenvalue weighted by atomic mass is 10.2. The SMILES string of the molecule is CCN(CC)S(=O)(=O)c1cccc(N=Cc2ccccc2O)c1. The fourth-order valence-electron chi connectivity index (χ4n) is 2.18. The van der Waals surface area contributed by atoms with Crippen LogP contribution in [0.5, 0.6) is 5.75 Å². The number of para-hydroxylation sites is 1. The van der Waals surface area contributed by atoms with Crippen LogP contribution in [0.1, 0.15) is 19.4 Å². The molecule has 0 heterocycles. The van der Waals surface area contributed by atoms with Gasteiger partial charge in [-0.2, -0.15) is 4.31 Å². The Hall–Kier alpha value is -2.18. The zero-order valence-electron chi connectivity index (χ0n) is 13.2. The molecule has 2 rings (SSSR count). The van der Waals surface area contributed by atoms with Gasteiger partial charge in [-0.1, -0.05) is 32.0 Å². The molecular weight excluding hydrogens is 312 g/mol. The third-order valence-corrected chi connectivity index (χ3v) is 5.50. The van der Waals surface area contributed by atoms with Crippen molar-refractivity contribution in [2.45, 2.75) is 18.7 Å². The molecule has 23 heavy (non-hydrogen) atoms. The van der Waals surface area contributed by atoms with Crippen LogP contribution in [0.2, 0.25) is 0 Å². The van der Waals surface area contributed by atoms with Gasteiger partial charge in [-0.05, 0) is 30.3 Å². The van der Waals surface area contributed by atoms with E-state index in [0.717, 1.165) is 0 Å². The topological polar surface area (TPSA) is 70.0 Å². The van der Waals surface area contributed by atoms with Gasteiger partial charge in [0.05, 0.1) is 10.6 Å². The third-order valence-electron chi connectivity index (χ3n) is 3.45. The molecule has 2 aromatic rings. The van der Waals surface area contributed by atoms with Gasteiger partial charge in [-0.15, -0.1) is 0 Å². The van der Waals surface area contributed by atoms with Crippen LogP contribution in [0.15, 0.2) is 58.4 Å². The first-order valence-corrected chi connectivity index (χ1v) is 8.85. The van der Waals surface area contributed by atoms with Gasteiger partial charge in [0.25, 0.3) is 0 Å². The van der Waals surface area contributed by atoms with E-state index >= 15 is 0 Å². The quantitative estimate of drug-likeness (QED) is 0.826. The molecule has 0 unspecified atom stereocenters. The van der Waals surface area contributed by atoms with Crippen molar-refractivity contribution in [3.05, 3.63) is 54.1 Å². The number of hydrogen-bond donors (Lipinski definition) is 1. The van der Waals surface area contributed by atoms with E-state index in [2.05, 4.69) is 4.99 Å². The fourth-order valence-corrected chi connectivity index (χ4v) is 3.68. The highest BCUT2D eigenvalue weighted by molar-refractivity contribution is 7.89. The Balaban J connectivity index is 2.32. The smallest absolute Gasteiger partial charge is 0.243 e. The first kappa shape index (κ1) is 17.2. The molecule has 0 spiro atoms. The number of aliphatic imine (C=N–C) groups is 1. The van der Waals surface area contributed by atoms with Crippen molar-refractivity contribution in [1.82, 2.24) is 4.31 Å². The number of benzene rings is 2. The summed E-state index contributed by atoms with van der Waals surface area (Å²) in [6.07, 6.45) is 1.51. The zero-order valence-corrected chi connectivity index (χ0v) is 14.0. The Bertz CT molecular complexity index is 797.